The van der Waals surface area contributed by atoms with Crippen LogP contribution in [0.4, 0.5) is 0 Å². The van der Waals surface area contributed by atoms with Gasteiger partial charge in [-0.3, -0.25) is 4.79 Å². The minimum Gasteiger partial charge on any atom is -0.491 e. The summed E-state index contributed by atoms with van der Waals surface area (Å²) in [6.07, 6.45) is 1.44. The zero-order chi connectivity index (χ0) is 21.4. The van der Waals surface area contributed by atoms with Crippen LogP contribution in [0.3, 0.4) is 0 Å². The SMILES string of the molecule is CC(C)Oc1ccc(CCCNC(=O)C(C)Oc2ccc(C(C)(C)C)cc2)cc1. The number of carbonyl (C=O) groups is 1. The lowest BCUT2D eigenvalue weighted by Gasteiger charge is -2.20. The zero-order valence-corrected chi connectivity index (χ0v) is 18.6. The summed E-state index contributed by atoms with van der Waals surface area (Å²) in [4.78, 5) is 12.3. The first kappa shape index (κ1) is 22.8. The van der Waals surface area contributed by atoms with Crippen molar-refractivity contribution in [3.05, 3.63) is 59.7 Å². The molecule has 4 nitrogen and oxygen atoms in total. The number of nitrogens with one attached hydrogen (secondary N) is 1. The third kappa shape index (κ3) is 7.80. The van der Waals surface area contributed by atoms with Crippen LogP contribution in [0.15, 0.2) is 48.5 Å². The molecule has 0 aromatic heterocycles. The average Bonchev–Trinajstić information content (AvgIpc) is 2.65. The van der Waals surface area contributed by atoms with Gasteiger partial charge in [-0.2, -0.15) is 0 Å². The molecular formula is C25H35NO3. The average molecular weight is 398 g/mol. The molecule has 2 rings (SSSR count). The molecule has 0 radical (unpaired) electrons. The highest BCUT2D eigenvalue weighted by molar-refractivity contribution is 5.80. The Morgan fingerprint density at radius 2 is 1.45 bits per heavy atom. The maximum Gasteiger partial charge on any atom is 0.260 e. The Morgan fingerprint density at radius 1 is 0.897 bits per heavy atom. The fraction of sp³-hybridized carbons (Fsp3) is 0.480. The predicted octanol–water partition coefficient (Wildman–Crippen LogP) is 5.29. The van der Waals surface area contributed by atoms with Gasteiger partial charge < -0.3 is 14.8 Å². The second-order valence-electron chi connectivity index (χ2n) is 8.74. The van der Waals surface area contributed by atoms with Crippen molar-refractivity contribution in [3.8, 4) is 11.5 Å². The lowest BCUT2D eigenvalue weighted by molar-refractivity contribution is -0.127. The van der Waals surface area contributed by atoms with E-state index in [1.165, 1.54) is 11.1 Å². The fourth-order valence-corrected chi connectivity index (χ4v) is 2.95. The molecule has 1 atom stereocenters. The van der Waals surface area contributed by atoms with Crippen molar-refractivity contribution >= 4 is 5.91 Å². The standard InChI is InChI=1S/C25H35NO3/c1-18(2)28-22-13-9-20(10-14-22)8-7-17-26-24(27)19(3)29-23-15-11-21(12-16-23)25(4,5)6/h9-16,18-19H,7-8,17H2,1-6H3,(H,26,27). The molecule has 0 aliphatic carbocycles. The first-order chi connectivity index (χ1) is 13.6. The van der Waals surface area contributed by atoms with Gasteiger partial charge in [0, 0.05) is 6.54 Å². The quantitative estimate of drug-likeness (QED) is 0.585. The normalized spacial score (nSPS) is 12.5. The van der Waals surface area contributed by atoms with E-state index in [1.807, 2.05) is 38.1 Å². The summed E-state index contributed by atoms with van der Waals surface area (Å²) in [5, 5.41) is 2.96. The molecule has 2 aromatic rings. The molecule has 1 N–H and O–H groups in total. The van der Waals surface area contributed by atoms with Gasteiger partial charge in [0.2, 0.25) is 0 Å². The Bertz CT molecular complexity index is 758. The number of amides is 1. The van der Waals surface area contributed by atoms with Gasteiger partial charge in [0.15, 0.2) is 6.10 Å². The highest BCUT2D eigenvalue weighted by Gasteiger charge is 2.16. The number of hydrogen-bond acceptors (Lipinski definition) is 3. The lowest BCUT2D eigenvalue weighted by atomic mass is 9.87. The number of hydrogen-bond donors (Lipinski definition) is 1. The Hall–Kier alpha value is -2.49. The van der Waals surface area contributed by atoms with Crippen LogP contribution in [0.2, 0.25) is 0 Å². The zero-order valence-electron chi connectivity index (χ0n) is 18.6. The van der Waals surface area contributed by atoms with E-state index in [1.54, 1.807) is 6.92 Å². The van der Waals surface area contributed by atoms with E-state index in [2.05, 4.69) is 50.4 Å². The second kappa shape index (κ2) is 10.3. The van der Waals surface area contributed by atoms with Crippen molar-refractivity contribution < 1.29 is 14.3 Å². The van der Waals surface area contributed by atoms with Crippen molar-refractivity contribution in [1.82, 2.24) is 5.32 Å². The second-order valence-corrected chi connectivity index (χ2v) is 8.74. The van der Waals surface area contributed by atoms with E-state index in [0.717, 1.165) is 18.6 Å². The van der Waals surface area contributed by atoms with Crippen LogP contribution in [0.5, 0.6) is 11.5 Å². The van der Waals surface area contributed by atoms with Gasteiger partial charge in [-0.15, -0.1) is 0 Å². The third-order valence-electron chi connectivity index (χ3n) is 4.64. The molecule has 0 bridgehead atoms. The summed E-state index contributed by atoms with van der Waals surface area (Å²) in [7, 11) is 0. The fourth-order valence-electron chi connectivity index (χ4n) is 2.95. The highest BCUT2D eigenvalue weighted by Crippen LogP contribution is 2.24. The number of aryl methyl sites for hydroxylation is 1. The van der Waals surface area contributed by atoms with Crippen LogP contribution in [0.1, 0.15) is 59.1 Å². The van der Waals surface area contributed by atoms with E-state index in [9.17, 15) is 4.79 Å². The van der Waals surface area contributed by atoms with Gasteiger partial charge in [0.05, 0.1) is 6.10 Å². The number of benzene rings is 2. The van der Waals surface area contributed by atoms with Crippen LogP contribution < -0.4 is 14.8 Å². The van der Waals surface area contributed by atoms with E-state index >= 15 is 0 Å². The van der Waals surface area contributed by atoms with Gasteiger partial charge in [-0.05, 0) is 74.4 Å². The first-order valence-corrected chi connectivity index (χ1v) is 10.5. The Morgan fingerprint density at radius 3 is 2.00 bits per heavy atom. The monoisotopic (exact) mass is 397 g/mol. The smallest absolute Gasteiger partial charge is 0.260 e. The molecule has 0 spiro atoms. The van der Waals surface area contributed by atoms with Gasteiger partial charge in [-0.25, -0.2) is 0 Å². The summed E-state index contributed by atoms with van der Waals surface area (Å²) >= 11 is 0. The largest absolute Gasteiger partial charge is 0.491 e. The van der Waals surface area contributed by atoms with Crippen LogP contribution in [-0.2, 0) is 16.6 Å². The number of ether oxygens (including phenoxy) is 2. The molecule has 0 saturated carbocycles. The minimum absolute atomic E-state index is 0.0921. The van der Waals surface area contributed by atoms with Crippen molar-refractivity contribution in [2.24, 2.45) is 0 Å². The van der Waals surface area contributed by atoms with Crippen LogP contribution in [0, 0.1) is 0 Å². The Kier molecular flexibility index (Phi) is 8.12. The Balaban J connectivity index is 1.72. The molecule has 0 heterocycles. The van der Waals surface area contributed by atoms with E-state index < -0.39 is 6.10 Å². The van der Waals surface area contributed by atoms with Crippen LogP contribution >= 0.6 is 0 Å². The molecule has 0 aliphatic rings. The molecule has 0 saturated heterocycles. The molecule has 2 aromatic carbocycles. The summed E-state index contributed by atoms with van der Waals surface area (Å²) in [6.45, 7) is 13.0. The van der Waals surface area contributed by atoms with Crippen molar-refractivity contribution in [3.63, 3.8) is 0 Å². The van der Waals surface area contributed by atoms with E-state index in [0.29, 0.717) is 12.3 Å². The van der Waals surface area contributed by atoms with E-state index in [4.69, 9.17) is 9.47 Å². The summed E-state index contributed by atoms with van der Waals surface area (Å²) < 4.78 is 11.4. The third-order valence-corrected chi connectivity index (χ3v) is 4.64. The minimum atomic E-state index is -0.525. The van der Waals surface area contributed by atoms with Crippen molar-refractivity contribution in [2.75, 3.05) is 6.54 Å². The first-order valence-electron chi connectivity index (χ1n) is 10.5. The highest BCUT2D eigenvalue weighted by atomic mass is 16.5. The molecular weight excluding hydrogens is 362 g/mol. The molecule has 4 heteroatoms. The van der Waals surface area contributed by atoms with Crippen molar-refractivity contribution in [2.45, 2.75) is 72.0 Å². The number of rotatable bonds is 9. The Labute approximate surface area is 175 Å². The maximum atomic E-state index is 12.3. The topological polar surface area (TPSA) is 47.6 Å². The molecule has 158 valence electrons. The van der Waals surface area contributed by atoms with Gasteiger partial charge in [0.1, 0.15) is 11.5 Å². The van der Waals surface area contributed by atoms with Gasteiger partial charge >= 0.3 is 0 Å². The number of carbonyl (C=O) groups excluding carboxylic acids is 1. The van der Waals surface area contributed by atoms with Gasteiger partial charge in [0.25, 0.3) is 5.91 Å². The summed E-state index contributed by atoms with van der Waals surface area (Å²) in [6, 6.07) is 16.1. The molecule has 0 fully saturated rings. The van der Waals surface area contributed by atoms with Crippen molar-refractivity contribution in [1.29, 1.82) is 0 Å². The van der Waals surface area contributed by atoms with Crippen LogP contribution in [0.25, 0.3) is 0 Å². The molecule has 1 unspecified atom stereocenters. The molecule has 0 aliphatic heterocycles. The van der Waals surface area contributed by atoms with E-state index in [-0.39, 0.29) is 17.4 Å². The lowest BCUT2D eigenvalue weighted by Crippen LogP contribution is -2.36. The maximum absolute atomic E-state index is 12.3. The summed E-state index contributed by atoms with van der Waals surface area (Å²) in [5.74, 6) is 1.51. The van der Waals surface area contributed by atoms with Gasteiger partial charge in [-0.1, -0.05) is 45.0 Å². The predicted molar refractivity (Wildman–Crippen MR) is 119 cm³/mol. The summed E-state index contributed by atoms with van der Waals surface area (Å²) in [5.41, 5.74) is 2.58. The molecule has 1 amide bonds. The molecule has 29 heavy (non-hydrogen) atoms. The van der Waals surface area contributed by atoms with Crippen LogP contribution in [-0.4, -0.2) is 24.7 Å².